The Balaban J connectivity index is 1.36. The molecule has 3 aromatic rings. The molecule has 0 unspecified atom stereocenters. The molecule has 0 atom stereocenters. The molecular weight excluding hydrogens is 364 g/mol. The first-order valence-corrected chi connectivity index (χ1v) is 9.88. The number of aromatic nitrogens is 1. The van der Waals surface area contributed by atoms with E-state index in [1.165, 1.54) is 0 Å². The van der Waals surface area contributed by atoms with E-state index in [0.717, 1.165) is 35.1 Å². The fourth-order valence-electron chi connectivity index (χ4n) is 3.71. The molecule has 0 spiro atoms. The number of carbonyl (C=O) groups excluding carboxylic acids is 2. The molecular formula is C23H24N4O2. The zero-order chi connectivity index (χ0) is 20.2. The molecule has 2 aromatic carbocycles. The number of hydrogen-bond donors (Lipinski definition) is 2. The molecule has 1 aliphatic rings. The number of aryl methyl sites for hydroxylation is 1. The van der Waals surface area contributed by atoms with Crippen LogP contribution in [-0.2, 0) is 0 Å². The number of hydrogen-bond acceptors (Lipinski definition) is 3. The number of anilines is 1. The summed E-state index contributed by atoms with van der Waals surface area (Å²) in [6.45, 7) is 3.12. The maximum atomic E-state index is 12.9. The molecule has 2 N–H and O–H groups in total. The van der Waals surface area contributed by atoms with E-state index in [-0.39, 0.29) is 18.0 Å². The first-order chi connectivity index (χ1) is 14.1. The molecule has 0 saturated carbocycles. The average Bonchev–Trinajstić information content (AvgIpc) is 2.74. The number of pyridine rings is 1. The third-order valence-electron chi connectivity index (χ3n) is 5.23. The summed E-state index contributed by atoms with van der Waals surface area (Å²) in [5.41, 5.74) is 3.08. The molecule has 6 heteroatoms. The second-order valence-corrected chi connectivity index (χ2v) is 7.36. The monoisotopic (exact) mass is 388 g/mol. The minimum Gasteiger partial charge on any atom is -0.349 e. The van der Waals surface area contributed by atoms with E-state index in [4.69, 9.17) is 0 Å². The van der Waals surface area contributed by atoms with Crippen LogP contribution in [0.15, 0.2) is 60.7 Å². The van der Waals surface area contributed by atoms with Crippen LogP contribution in [0, 0.1) is 6.92 Å². The summed E-state index contributed by atoms with van der Waals surface area (Å²) >= 11 is 0. The minimum absolute atomic E-state index is 0.0514. The molecule has 1 aromatic heterocycles. The molecule has 0 bridgehead atoms. The molecule has 3 amide bonds. The zero-order valence-electron chi connectivity index (χ0n) is 16.4. The van der Waals surface area contributed by atoms with Gasteiger partial charge in [0.1, 0.15) is 0 Å². The summed E-state index contributed by atoms with van der Waals surface area (Å²) in [5.74, 6) is -0.0844. The van der Waals surface area contributed by atoms with Crippen molar-refractivity contribution in [2.24, 2.45) is 0 Å². The van der Waals surface area contributed by atoms with E-state index < -0.39 is 0 Å². The number of piperidine rings is 1. The Hall–Kier alpha value is -3.41. The first kappa shape index (κ1) is 18.9. The van der Waals surface area contributed by atoms with E-state index in [0.29, 0.717) is 18.7 Å². The number of likely N-dealkylation sites (tertiary alicyclic amines) is 1. The Labute approximate surface area is 169 Å². The fourth-order valence-corrected chi connectivity index (χ4v) is 3.71. The van der Waals surface area contributed by atoms with Gasteiger partial charge in [0.05, 0.1) is 11.1 Å². The molecule has 2 heterocycles. The number of urea groups is 1. The summed E-state index contributed by atoms with van der Waals surface area (Å²) < 4.78 is 0. The highest BCUT2D eigenvalue weighted by molar-refractivity contribution is 6.06. The van der Waals surface area contributed by atoms with Crippen LogP contribution < -0.4 is 10.6 Å². The van der Waals surface area contributed by atoms with Gasteiger partial charge in [-0.25, -0.2) is 4.79 Å². The SMILES string of the molecule is Cc1cc(C(=O)NC2CCN(C(=O)Nc3ccccc3)CC2)c2ccccc2n1. The summed E-state index contributed by atoms with van der Waals surface area (Å²) in [6, 6.07) is 18.9. The Morgan fingerprint density at radius 1 is 1.00 bits per heavy atom. The lowest BCUT2D eigenvalue weighted by Gasteiger charge is -2.32. The molecule has 29 heavy (non-hydrogen) atoms. The van der Waals surface area contributed by atoms with Crippen LogP contribution in [0.1, 0.15) is 28.9 Å². The van der Waals surface area contributed by atoms with Gasteiger partial charge in [-0.05, 0) is 44.0 Å². The number of benzene rings is 2. The molecule has 148 valence electrons. The number of fused-ring (bicyclic) bond motifs is 1. The lowest BCUT2D eigenvalue weighted by molar-refractivity contribution is 0.0921. The van der Waals surface area contributed by atoms with Crippen molar-refractivity contribution >= 4 is 28.5 Å². The van der Waals surface area contributed by atoms with E-state index in [1.54, 1.807) is 4.90 Å². The topological polar surface area (TPSA) is 74.3 Å². The van der Waals surface area contributed by atoms with Gasteiger partial charge in [0.25, 0.3) is 5.91 Å². The van der Waals surface area contributed by atoms with Crippen molar-refractivity contribution in [2.45, 2.75) is 25.8 Å². The van der Waals surface area contributed by atoms with Gasteiger partial charge in [-0.2, -0.15) is 0 Å². The van der Waals surface area contributed by atoms with Crippen LogP contribution in [-0.4, -0.2) is 41.0 Å². The number of nitrogens with one attached hydrogen (secondary N) is 2. The lowest BCUT2D eigenvalue weighted by atomic mass is 10.0. The van der Waals surface area contributed by atoms with Crippen molar-refractivity contribution in [3.8, 4) is 0 Å². The molecule has 4 rings (SSSR count). The largest absolute Gasteiger partial charge is 0.349 e. The van der Waals surface area contributed by atoms with Gasteiger partial charge < -0.3 is 15.5 Å². The van der Waals surface area contributed by atoms with Crippen LogP contribution in [0.4, 0.5) is 10.5 Å². The highest BCUT2D eigenvalue weighted by Gasteiger charge is 2.25. The minimum atomic E-state index is -0.100. The number of nitrogens with zero attached hydrogens (tertiary/aromatic N) is 2. The quantitative estimate of drug-likeness (QED) is 0.713. The Morgan fingerprint density at radius 3 is 2.45 bits per heavy atom. The molecule has 1 saturated heterocycles. The second-order valence-electron chi connectivity index (χ2n) is 7.36. The number of rotatable bonds is 3. The van der Waals surface area contributed by atoms with Gasteiger partial charge in [-0.15, -0.1) is 0 Å². The highest BCUT2D eigenvalue weighted by Crippen LogP contribution is 2.19. The molecule has 0 radical (unpaired) electrons. The first-order valence-electron chi connectivity index (χ1n) is 9.88. The summed E-state index contributed by atoms with van der Waals surface area (Å²) in [7, 11) is 0. The predicted octanol–water partition coefficient (Wildman–Crippen LogP) is 3.97. The summed E-state index contributed by atoms with van der Waals surface area (Å²) in [5, 5.41) is 6.91. The van der Waals surface area contributed by atoms with Gasteiger partial charge in [-0.1, -0.05) is 36.4 Å². The van der Waals surface area contributed by atoms with Gasteiger partial charge >= 0.3 is 6.03 Å². The Bertz CT molecular complexity index is 1030. The zero-order valence-corrected chi connectivity index (χ0v) is 16.4. The third-order valence-corrected chi connectivity index (χ3v) is 5.23. The standard InChI is InChI=1S/C23H24N4O2/c1-16-15-20(19-9-5-6-10-21(19)24-16)22(28)25-18-11-13-27(14-12-18)23(29)26-17-7-3-2-4-8-17/h2-10,15,18H,11-14H2,1H3,(H,25,28)(H,26,29). The molecule has 0 aliphatic carbocycles. The Morgan fingerprint density at radius 2 is 1.69 bits per heavy atom. The number of para-hydroxylation sites is 2. The van der Waals surface area contributed by atoms with E-state index in [2.05, 4.69) is 15.6 Å². The van der Waals surface area contributed by atoms with Crippen molar-refractivity contribution in [2.75, 3.05) is 18.4 Å². The normalized spacial score (nSPS) is 14.6. The van der Waals surface area contributed by atoms with Crippen molar-refractivity contribution in [1.82, 2.24) is 15.2 Å². The predicted molar refractivity (Wildman–Crippen MR) is 114 cm³/mol. The molecule has 1 fully saturated rings. The summed E-state index contributed by atoms with van der Waals surface area (Å²) in [6.07, 6.45) is 1.46. The average molecular weight is 388 g/mol. The van der Waals surface area contributed by atoms with Crippen LogP contribution in [0.3, 0.4) is 0 Å². The molecule has 1 aliphatic heterocycles. The fraction of sp³-hybridized carbons (Fsp3) is 0.261. The summed E-state index contributed by atoms with van der Waals surface area (Å²) in [4.78, 5) is 31.6. The van der Waals surface area contributed by atoms with Crippen LogP contribution in [0.2, 0.25) is 0 Å². The van der Waals surface area contributed by atoms with Gasteiger partial charge in [0.15, 0.2) is 0 Å². The van der Waals surface area contributed by atoms with Crippen LogP contribution in [0.25, 0.3) is 10.9 Å². The van der Waals surface area contributed by atoms with Gasteiger partial charge in [0, 0.05) is 35.9 Å². The maximum Gasteiger partial charge on any atom is 0.321 e. The van der Waals surface area contributed by atoms with Gasteiger partial charge in [-0.3, -0.25) is 9.78 Å². The smallest absolute Gasteiger partial charge is 0.321 e. The third kappa shape index (κ3) is 4.37. The van der Waals surface area contributed by atoms with Crippen molar-refractivity contribution in [3.63, 3.8) is 0 Å². The second kappa shape index (κ2) is 8.31. The van der Waals surface area contributed by atoms with Crippen molar-refractivity contribution in [3.05, 3.63) is 71.9 Å². The van der Waals surface area contributed by atoms with E-state index in [9.17, 15) is 9.59 Å². The highest BCUT2D eigenvalue weighted by atomic mass is 16.2. The Kier molecular flexibility index (Phi) is 5.42. The van der Waals surface area contributed by atoms with E-state index >= 15 is 0 Å². The van der Waals surface area contributed by atoms with Crippen molar-refractivity contribution in [1.29, 1.82) is 0 Å². The number of amides is 3. The molecule has 6 nitrogen and oxygen atoms in total. The van der Waals surface area contributed by atoms with Crippen molar-refractivity contribution < 1.29 is 9.59 Å². The van der Waals surface area contributed by atoms with Crippen LogP contribution in [0.5, 0.6) is 0 Å². The number of carbonyl (C=O) groups is 2. The lowest BCUT2D eigenvalue weighted by Crippen LogP contribution is -2.47. The van der Waals surface area contributed by atoms with E-state index in [1.807, 2.05) is 67.6 Å². The van der Waals surface area contributed by atoms with Gasteiger partial charge in [0.2, 0.25) is 0 Å². The van der Waals surface area contributed by atoms with Crippen LogP contribution >= 0.6 is 0 Å². The maximum absolute atomic E-state index is 12.9.